The first-order valence-electron chi connectivity index (χ1n) is 6.53. The number of aliphatic hydroxyl groups is 1. The van der Waals surface area contributed by atoms with E-state index in [1.165, 1.54) is 0 Å². The molecule has 0 bridgehead atoms. The molecule has 1 aromatic heterocycles. The van der Waals surface area contributed by atoms with Gasteiger partial charge in [0.15, 0.2) is 0 Å². The maximum absolute atomic E-state index is 9.09. The molecule has 3 N–H and O–H groups in total. The van der Waals surface area contributed by atoms with Crippen LogP contribution in [0.2, 0.25) is 0 Å². The molecule has 0 fully saturated rings. The van der Waals surface area contributed by atoms with Crippen LogP contribution in [-0.2, 0) is 0 Å². The lowest BCUT2D eigenvalue weighted by molar-refractivity contribution is 0.267. The molecule has 0 spiro atoms. The Balaban J connectivity index is 2.83. The number of aromatic nitrogens is 2. The quantitative estimate of drug-likeness (QED) is 0.692. The lowest BCUT2D eigenvalue weighted by Crippen LogP contribution is -2.28. The molecule has 18 heavy (non-hydrogen) atoms. The molecule has 0 saturated carbocycles. The van der Waals surface area contributed by atoms with Crippen molar-refractivity contribution in [1.29, 1.82) is 0 Å². The zero-order valence-electron chi connectivity index (χ0n) is 11.7. The van der Waals surface area contributed by atoms with E-state index in [4.69, 9.17) is 5.11 Å². The van der Waals surface area contributed by atoms with Crippen LogP contribution in [-0.4, -0.2) is 34.3 Å². The maximum Gasteiger partial charge on any atom is 0.224 e. The lowest BCUT2D eigenvalue weighted by atomic mass is 10.0. The highest BCUT2D eigenvalue weighted by molar-refractivity contribution is 5.47. The predicted molar refractivity (Wildman–Crippen MR) is 74.9 cm³/mol. The molecule has 5 nitrogen and oxygen atoms in total. The fourth-order valence-electron chi connectivity index (χ4n) is 1.72. The van der Waals surface area contributed by atoms with Gasteiger partial charge in [0.05, 0.1) is 0 Å². The normalized spacial score (nSPS) is 12.6. The number of anilines is 2. The summed E-state index contributed by atoms with van der Waals surface area (Å²) >= 11 is 0. The summed E-state index contributed by atoms with van der Waals surface area (Å²) in [4.78, 5) is 8.67. The third kappa shape index (κ3) is 4.14. The van der Waals surface area contributed by atoms with Gasteiger partial charge >= 0.3 is 0 Å². The number of aliphatic hydroxyl groups excluding tert-OH is 1. The molecule has 0 amide bonds. The second-order valence-electron chi connectivity index (χ2n) is 4.76. The first-order chi connectivity index (χ1) is 8.58. The minimum atomic E-state index is 0.181. The van der Waals surface area contributed by atoms with Crippen LogP contribution < -0.4 is 10.6 Å². The van der Waals surface area contributed by atoms with E-state index in [0.717, 1.165) is 24.3 Å². The maximum atomic E-state index is 9.09. The van der Waals surface area contributed by atoms with Crippen molar-refractivity contribution >= 4 is 11.8 Å². The minimum Gasteiger partial charge on any atom is -0.396 e. The van der Waals surface area contributed by atoms with Crippen molar-refractivity contribution in [3.8, 4) is 0 Å². The molecule has 102 valence electrons. The third-order valence-electron chi connectivity index (χ3n) is 2.87. The van der Waals surface area contributed by atoms with E-state index in [-0.39, 0.29) is 12.6 Å². The second kappa shape index (κ2) is 7.16. The second-order valence-corrected chi connectivity index (χ2v) is 4.76. The van der Waals surface area contributed by atoms with Crippen molar-refractivity contribution in [3.05, 3.63) is 11.8 Å². The summed E-state index contributed by atoms with van der Waals surface area (Å²) in [7, 11) is 0. The SMILES string of the molecule is CCNc1ncc(C)c(NC(CCO)C(C)C)n1. The minimum absolute atomic E-state index is 0.181. The summed E-state index contributed by atoms with van der Waals surface area (Å²) in [5.74, 6) is 1.92. The van der Waals surface area contributed by atoms with Crippen molar-refractivity contribution in [2.45, 2.75) is 40.2 Å². The number of nitrogens with one attached hydrogen (secondary N) is 2. The fourth-order valence-corrected chi connectivity index (χ4v) is 1.72. The van der Waals surface area contributed by atoms with E-state index in [9.17, 15) is 0 Å². The number of rotatable bonds is 7. The first-order valence-corrected chi connectivity index (χ1v) is 6.53. The van der Waals surface area contributed by atoms with Gasteiger partial charge in [-0.2, -0.15) is 4.98 Å². The Bertz CT molecular complexity index is 368. The summed E-state index contributed by atoms with van der Waals surface area (Å²) in [6.45, 7) is 9.24. The highest BCUT2D eigenvalue weighted by Crippen LogP contribution is 2.17. The van der Waals surface area contributed by atoms with E-state index < -0.39 is 0 Å². The topological polar surface area (TPSA) is 70.1 Å². The summed E-state index contributed by atoms with van der Waals surface area (Å²) < 4.78 is 0. The number of hydrogen-bond donors (Lipinski definition) is 3. The zero-order valence-corrected chi connectivity index (χ0v) is 11.7. The van der Waals surface area contributed by atoms with E-state index >= 15 is 0 Å². The van der Waals surface area contributed by atoms with Crippen LogP contribution in [0, 0.1) is 12.8 Å². The molecular weight excluding hydrogens is 228 g/mol. The third-order valence-corrected chi connectivity index (χ3v) is 2.87. The van der Waals surface area contributed by atoms with Gasteiger partial charge in [-0.05, 0) is 26.2 Å². The number of nitrogens with zero attached hydrogens (tertiary/aromatic N) is 2. The van der Waals surface area contributed by atoms with E-state index in [1.807, 2.05) is 20.0 Å². The fraction of sp³-hybridized carbons (Fsp3) is 0.692. The van der Waals surface area contributed by atoms with Crippen LogP contribution in [0.25, 0.3) is 0 Å². The van der Waals surface area contributed by atoms with Crippen LogP contribution in [0.1, 0.15) is 32.8 Å². The molecule has 0 aliphatic heterocycles. The van der Waals surface area contributed by atoms with Gasteiger partial charge in [-0.15, -0.1) is 0 Å². The van der Waals surface area contributed by atoms with E-state index in [1.54, 1.807) is 0 Å². The van der Waals surface area contributed by atoms with Gasteiger partial charge in [-0.1, -0.05) is 13.8 Å². The molecular formula is C13H24N4O. The standard InChI is InChI=1S/C13H24N4O/c1-5-14-13-15-8-10(4)12(17-13)16-11(6-7-18)9(2)3/h8-9,11,18H,5-7H2,1-4H3,(H2,14,15,16,17). The molecule has 0 radical (unpaired) electrons. The highest BCUT2D eigenvalue weighted by Gasteiger charge is 2.14. The zero-order chi connectivity index (χ0) is 13.5. The van der Waals surface area contributed by atoms with Gasteiger partial charge in [0.1, 0.15) is 5.82 Å². The van der Waals surface area contributed by atoms with Gasteiger partial charge in [0.25, 0.3) is 0 Å². The van der Waals surface area contributed by atoms with Gasteiger partial charge in [-0.25, -0.2) is 4.98 Å². The van der Waals surface area contributed by atoms with Crippen molar-refractivity contribution in [2.24, 2.45) is 5.92 Å². The van der Waals surface area contributed by atoms with Crippen molar-refractivity contribution in [2.75, 3.05) is 23.8 Å². The Morgan fingerprint density at radius 1 is 1.39 bits per heavy atom. The lowest BCUT2D eigenvalue weighted by Gasteiger charge is -2.23. The number of aryl methyl sites for hydroxylation is 1. The molecule has 0 aliphatic rings. The Kier molecular flexibility index (Phi) is 5.85. The molecule has 0 aliphatic carbocycles. The highest BCUT2D eigenvalue weighted by atomic mass is 16.3. The molecule has 1 aromatic rings. The summed E-state index contributed by atoms with van der Waals surface area (Å²) in [5.41, 5.74) is 1.01. The van der Waals surface area contributed by atoms with Crippen LogP contribution in [0.15, 0.2) is 6.20 Å². The monoisotopic (exact) mass is 252 g/mol. The first kappa shape index (κ1) is 14.7. The molecule has 0 aromatic carbocycles. The van der Waals surface area contributed by atoms with Gasteiger partial charge < -0.3 is 15.7 Å². The number of hydrogen-bond acceptors (Lipinski definition) is 5. The predicted octanol–water partition coefficient (Wildman–Crippen LogP) is 2.04. The van der Waals surface area contributed by atoms with E-state index in [0.29, 0.717) is 11.9 Å². The molecule has 0 saturated heterocycles. The van der Waals surface area contributed by atoms with Crippen LogP contribution in [0.3, 0.4) is 0 Å². The molecule has 5 heteroatoms. The van der Waals surface area contributed by atoms with Crippen molar-refractivity contribution < 1.29 is 5.11 Å². The largest absolute Gasteiger partial charge is 0.396 e. The Hall–Kier alpha value is -1.36. The summed E-state index contributed by atoms with van der Waals surface area (Å²) in [6.07, 6.45) is 2.53. The Morgan fingerprint density at radius 2 is 2.11 bits per heavy atom. The van der Waals surface area contributed by atoms with Gasteiger partial charge in [-0.3, -0.25) is 0 Å². The molecule has 1 heterocycles. The summed E-state index contributed by atoms with van der Waals surface area (Å²) in [6, 6.07) is 0.220. The van der Waals surface area contributed by atoms with Gasteiger partial charge in [0, 0.05) is 31.0 Å². The smallest absolute Gasteiger partial charge is 0.224 e. The molecule has 1 atom stereocenters. The molecule has 1 unspecified atom stereocenters. The van der Waals surface area contributed by atoms with Crippen LogP contribution in [0.5, 0.6) is 0 Å². The van der Waals surface area contributed by atoms with Crippen LogP contribution >= 0.6 is 0 Å². The van der Waals surface area contributed by atoms with Crippen molar-refractivity contribution in [1.82, 2.24) is 9.97 Å². The average molecular weight is 252 g/mol. The van der Waals surface area contributed by atoms with Crippen LogP contribution in [0.4, 0.5) is 11.8 Å². The van der Waals surface area contributed by atoms with Crippen molar-refractivity contribution in [3.63, 3.8) is 0 Å². The average Bonchev–Trinajstić information content (AvgIpc) is 2.33. The molecule has 1 rings (SSSR count). The van der Waals surface area contributed by atoms with E-state index in [2.05, 4.69) is 34.4 Å². The Labute approximate surface area is 109 Å². The summed E-state index contributed by atoms with van der Waals surface area (Å²) in [5, 5.41) is 15.6. The Morgan fingerprint density at radius 3 is 2.67 bits per heavy atom. The van der Waals surface area contributed by atoms with Gasteiger partial charge in [0.2, 0.25) is 5.95 Å².